The smallest absolute Gasteiger partial charge is 0.255 e. The fraction of sp³-hybridized carbons (Fsp3) is 0.312. The maximum atomic E-state index is 12.1. The molecule has 122 valence electrons. The zero-order chi connectivity index (χ0) is 16.7. The molecule has 0 atom stereocenters. The lowest BCUT2D eigenvalue weighted by Gasteiger charge is -2.17. The number of carbonyl (C=O) groups is 3. The molecule has 1 aromatic rings. The first-order valence-corrected chi connectivity index (χ1v) is 7.29. The number of nitrogens with two attached hydrogens (primary N) is 1. The molecule has 0 saturated carbocycles. The molecule has 0 aliphatic carbocycles. The summed E-state index contributed by atoms with van der Waals surface area (Å²) in [4.78, 5) is 35.6. The Balaban J connectivity index is 1.90. The summed E-state index contributed by atoms with van der Waals surface area (Å²) in [6.45, 7) is 1.24. The van der Waals surface area contributed by atoms with Crippen molar-refractivity contribution < 1.29 is 19.1 Å². The third-order valence-corrected chi connectivity index (χ3v) is 3.30. The van der Waals surface area contributed by atoms with Crippen LogP contribution >= 0.6 is 0 Å². The molecule has 0 spiro atoms. The number of primary amides is 1. The maximum absolute atomic E-state index is 12.1. The Bertz CT molecular complexity index is 610. The topological polar surface area (TPSA) is 102 Å². The van der Waals surface area contributed by atoms with Crippen LogP contribution < -0.4 is 15.8 Å². The van der Waals surface area contributed by atoms with E-state index in [1.807, 2.05) is 0 Å². The van der Waals surface area contributed by atoms with Gasteiger partial charge in [0.15, 0.2) is 6.61 Å². The van der Waals surface area contributed by atoms with E-state index in [-0.39, 0.29) is 18.4 Å². The van der Waals surface area contributed by atoms with Gasteiger partial charge in [0.05, 0.1) is 0 Å². The van der Waals surface area contributed by atoms with Gasteiger partial charge in [-0.3, -0.25) is 14.4 Å². The number of rotatable bonds is 5. The maximum Gasteiger partial charge on any atom is 0.255 e. The summed E-state index contributed by atoms with van der Waals surface area (Å²) in [6, 6.07) is 6.93. The van der Waals surface area contributed by atoms with Gasteiger partial charge >= 0.3 is 0 Å². The van der Waals surface area contributed by atoms with E-state index < -0.39 is 5.91 Å². The van der Waals surface area contributed by atoms with Gasteiger partial charge in [0, 0.05) is 32.1 Å². The zero-order valence-electron chi connectivity index (χ0n) is 12.7. The summed E-state index contributed by atoms with van der Waals surface area (Å²) in [5.41, 5.74) is 5.83. The minimum absolute atomic E-state index is 0.0316. The lowest BCUT2D eigenvalue weighted by Crippen LogP contribution is -2.32. The van der Waals surface area contributed by atoms with E-state index in [4.69, 9.17) is 10.5 Å². The van der Waals surface area contributed by atoms with Gasteiger partial charge in [0.2, 0.25) is 11.8 Å². The van der Waals surface area contributed by atoms with Crippen LogP contribution in [-0.2, 0) is 14.4 Å². The molecule has 1 heterocycles. The van der Waals surface area contributed by atoms with Crippen LogP contribution in [0.3, 0.4) is 0 Å². The van der Waals surface area contributed by atoms with Crippen LogP contribution in [0.1, 0.15) is 12.0 Å². The van der Waals surface area contributed by atoms with Crippen molar-refractivity contribution in [2.75, 3.05) is 26.2 Å². The van der Waals surface area contributed by atoms with Gasteiger partial charge in [-0.05, 0) is 23.8 Å². The van der Waals surface area contributed by atoms with Gasteiger partial charge in [0.25, 0.3) is 5.91 Å². The molecule has 1 aromatic carbocycles. The van der Waals surface area contributed by atoms with Crippen molar-refractivity contribution in [3.8, 4) is 5.75 Å². The number of nitrogens with zero attached hydrogens (tertiary/aromatic N) is 1. The molecule has 3 N–H and O–H groups in total. The number of carbonyl (C=O) groups excluding carboxylic acids is 3. The Labute approximate surface area is 134 Å². The van der Waals surface area contributed by atoms with Gasteiger partial charge in [-0.1, -0.05) is 12.1 Å². The van der Waals surface area contributed by atoms with Crippen molar-refractivity contribution in [2.24, 2.45) is 5.73 Å². The van der Waals surface area contributed by atoms with E-state index in [0.717, 1.165) is 5.56 Å². The number of nitrogens with one attached hydrogen (secondary N) is 1. The van der Waals surface area contributed by atoms with E-state index >= 15 is 0 Å². The highest BCUT2D eigenvalue weighted by Gasteiger charge is 2.16. The van der Waals surface area contributed by atoms with Crippen molar-refractivity contribution in [3.05, 3.63) is 35.9 Å². The Morgan fingerprint density at radius 1 is 1.26 bits per heavy atom. The SMILES string of the molecule is NC(=O)COc1ccc(/C=C/C(=O)N2CCNC(=O)CC2)cc1. The summed E-state index contributed by atoms with van der Waals surface area (Å²) in [6.07, 6.45) is 3.50. The van der Waals surface area contributed by atoms with Crippen LogP contribution in [0.15, 0.2) is 30.3 Å². The summed E-state index contributed by atoms with van der Waals surface area (Å²) in [5, 5.41) is 2.73. The first kappa shape index (κ1) is 16.5. The molecule has 1 aliphatic rings. The molecule has 23 heavy (non-hydrogen) atoms. The third kappa shape index (κ3) is 5.46. The van der Waals surface area contributed by atoms with Crippen LogP contribution in [0, 0.1) is 0 Å². The molecule has 1 fully saturated rings. The number of hydrogen-bond acceptors (Lipinski definition) is 4. The van der Waals surface area contributed by atoms with Crippen molar-refractivity contribution in [2.45, 2.75) is 6.42 Å². The van der Waals surface area contributed by atoms with E-state index in [0.29, 0.717) is 31.8 Å². The van der Waals surface area contributed by atoms with Crippen LogP contribution in [0.25, 0.3) is 6.08 Å². The molecule has 7 nitrogen and oxygen atoms in total. The molecule has 0 unspecified atom stereocenters. The Morgan fingerprint density at radius 2 is 2.00 bits per heavy atom. The average Bonchev–Trinajstić information content (AvgIpc) is 2.76. The first-order valence-electron chi connectivity index (χ1n) is 7.29. The molecular formula is C16H19N3O4. The molecule has 1 aliphatic heterocycles. The number of hydrogen-bond donors (Lipinski definition) is 2. The van der Waals surface area contributed by atoms with Crippen LogP contribution in [0.4, 0.5) is 0 Å². The lowest BCUT2D eigenvalue weighted by molar-refractivity contribution is -0.126. The van der Waals surface area contributed by atoms with Gasteiger partial charge in [-0.2, -0.15) is 0 Å². The second-order valence-corrected chi connectivity index (χ2v) is 5.08. The van der Waals surface area contributed by atoms with Crippen molar-refractivity contribution >= 4 is 23.8 Å². The van der Waals surface area contributed by atoms with Gasteiger partial charge < -0.3 is 20.7 Å². The van der Waals surface area contributed by atoms with Crippen molar-refractivity contribution in [3.63, 3.8) is 0 Å². The molecule has 0 bridgehead atoms. The van der Waals surface area contributed by atoms with E-state index in [9.17, 15) is 14.4 Å². The van der Waals surface area contributed by atoms with E-state index in [1.54, 1.807) is 35.2 Å². The Hall–Kier alpha value is -2.83. The molecule has 2 rings (SSSR count). The highest BCUT2D eigenvalue weighted by molar-refractivity contribution is 5.92. The second kappa shape index (κ2) is 7.98. The van der Waals surface area contributed by atoms with Crippen molar-refractivity contribution in [1.82, 2.24) is 10.2 Å². The highest BCUT2D eigenvalue weighted by atomic mass is 16.5. The fourth-order valence-corrected chi connectivity index (χ4v) is 2.09. The molecule has 1 saturated heterocycles. The third-order valence-electron chi connectivity index (χ3n) is 3.30. The summed E-state index contributed by atoms with van der Waals surface area (Å²) < 4.78 is 5.15. The number of benzene rings is 1. The zero-order valence-corrected chi connectivity index (χ0v) is 12.7. The average molecular weight is 317 g/mol. The molecule has 0 aromatic heterocycles. The summed E-state index contributed by atoms with van der Waals surface area (Å²) >= 11 is 0. The number of amides is 3. The minimum atomic E-state index is -0.537. The largest absolute Gasteiger partial charge is 0.484 e. The standard InChI is InChI=1S/C16H19N3O4/c17-14(20)11-23-13-4-1-12(2-5-13)3-6-16(22)19-9-7-15(21)18-8-10-19/h1-6H,7-11H2,(H2,17,20)(H,18,21)/b6-3+. The highest BCUT2D eigenvalue weighted by Crippen LogP contribution is 2.13. The van der Waals surface area contributed by atoms with Gasteiger partial charge in [0.1, 0.15) is 5.75 Å². The monoisotopic (exact) mass is 317 g/mol. The molecule has 3 amide bonds. The minimum Gasteiger partial charge on any atom is -0.484 e. The second-order valence-electron chi connectivity index (χ2n) is 5.08. The summed E-state index contributed by atoms with van der Waals surface area (Å²) in [5.74, 6) is -0.166. The van der Waals surface area contributed by atoms with Crippen molar-refractivity contribution in [1.29, 1.82) is 0 Å². The van der Waals surface area contributed by atoms with Crippen LogP contribution in [0.5, 0.6) is 5.75 Å². The van der Waals surface area contributed by atoms with Gasteiger partial charge in [-0.15, -0.1) is 0 Å². The van der Waals surface area contributed by atoms with Crippen LogP contribution in [0.2, 0.25) is 0 Å². The quantitative estimate of drug-likeness (QED) is 0.741. The van der Waals surface area contributed by atoms with E-state index in [2.05, 4.69) is 5.32 Å². The normalized spacial score (nSPS) is 15.1. The molecular weight excluding hydrogens is 298 g/mol. The van der Waals surface area contributed by atoms with Crippen LogP contribution in [-0.4, -0.2) is 48.9 Å². The number of ether oxygens (including phenoxy) is 1. The van der Waals surface area contributed by atoms with E-state index in [1.165, 1.54) is 6.08 Å². The van der Waals surface area contributed by atoms with Gasteiger partial charge in [-0.25, -0.2) is 0 Å². The first-order chi connectivity index (χ1) is 11.0. The lowest BCUT2D eigenvalue weighted by atomic mass is 10.2. The Kier molecular flexibility index (Phi) is 5.74. The molecule has 7 heteroatoms. The summed E-state index contributed by atoms with van der Waals surface area (Å²) in [7, 11) is 0. The molecule has 0 radical (unpaired) electrons. The predicted octanol–water partition coefficient (Wildman–Crippen LogP) is -0.0876. The predicted molar refractivity (Wildman–Crippen MR) is 84.4 cm³/mol. The Morgan fingerprint density at radius 3 is 2.70 bits per heavy atom. The fourth-order valence-electron chi connectivity index (χ4n) is 2.09.